The zero-order chi connectivity index (χ0) is 69.6. The Hall–Kier alpha value is -1.94. The molecule has 0 rings (SSSR count). The summed E-state index contributed by atoms with van der Waals surface area (Å²) in [5.74, 6) is 0.968. The summed E-state index contributed by atoms with van der Waals surface area (Å²) < 4.78 is 68.5. The number of phosphoric acid groups is 2. The van der Waals surface area contributed by atoms with Gasteiger partial charge in [0.1, 0.15) is 19.3 Å². The van der Waals surface area contributed by atoms with Crippen molar-refractivity contribution in [1.29, 1.82) is 0 Å². The van der Waals surface area contributed by atoms with E-state index in [2.05, 4.69) is 55.4 Å². The highest BCUT2D eigenvalue weighted by molar-refractivity contribution is 7.47. The van der Waals surface area contributed by atoms with E-state index in [-0.39, 0.29) is 25.7 Å². The summed E-state index contributed by atoms with van der Waals surface area (Å²) in [5, 5.41) is 10.6. The number of hydrogen-bond donors (Lipinski definition) is 3. The molecule has 558 valence electrons. The lowest BCUT2D eigenvalue weighted by atomic mass is 9.99. The minimum atomic E-state index is -4.96. The summed E-state index contributed by atoms with van der Waals surface area (Å²) in [5.41, 5.74) is 0. The first kappa shape index (κ1) is 92.1. The molecule has 0 aliphatic rings. The lowest BCUT2D eigenvalue weighted by Crippen LogP contribution is -2.30. The monoisotopic (exact) mass is 1380 g/mol. The standard InChI is InChI=1S/C75H146O17P2/c1-9-67(7)53-45-37-29-23-19-20-26-32-42-50-58-75(80)91-70(61-85-72(77)55-47-39-30-24-17-13-11-12-15-21-27-35-43-51-65(3)4)63-89-93(81,82)87-59-69(76)60-88-94(83,84)90-64-71(62-86-73(78)56-48-40-34-33-38-46-54-68(8)10-2)92-74(79)57-49-41-31-25-18-14-16-22-28-36-44-52-66(5)6/h65-71,76H,9-64H2,1-8H3,(H,81,82)(H,83,84)/t67?,68?,69-,70-,71-/m1/s1. The summed E-state index contributed by atoms with van der Waals surface area (Å²) >= 11 is 0. The van der Waals surface area contributed by atoms with Gasteiger partial charge in [-0.1, -0.05) is 325 Å². The average Bonchev–Trinajstić information content (AvgIpc) is 1.26. The first-order valence-electron chi connectivity index (χ1n) is 38.8. The van der Waals surface area contributed by atoms with Crippen molar-refractivity contribution in [3.8, 4) is 0 Å². The lowest BCUT2D eigenvalue weighted by Gasteiger charge is -2.21. The molecule has 0 aromatic heterocycles. The molecule has 0 amide bonds. The second-order valence-electron chi connectivity index (χ2n) is 28.5. The highest BCUT2D eigenvalue weighted by atomic mass is 31.2. The second kappa shape index (κ2) is 64.4. The molecule has 19 heteroatoms. The van der Waals surface area contributed by atoms with Gasteiger partial charge in [-0.25, -0.2) is 9.13 Å². The molecule has 7 atom stereocenters. The Morgan fingerprint density at radius 2 is 0.511 bits per heavy atom. The van der Waals surface area contributed by atoms with E-state index in [9.17, 15) is 43.2 Å². The van der Waals surface area contributed by atoms with Crippen LogP contribution in [0.1, 0.15) is 376 Å². The first-order chi connectivity index (χ1) is 45.2. The van der Waals surface area contributed by atoms with E-state index in [1.807, 2.05) is 0 Å². The van der Waals surface area contributed by atoms with Gasteiger partial charge in [0.15, 0.2) is 12.2 Å². The van der Waals surface area contributed by atoms with Crippen LogP contribution < -0.4 is 0 Å². The third-order valence-corrected chi connectivity index (χ3v) is 19.9. The van der Waals surface area contributed by atoms with Crippen LogP contribution in [0.2, 0.25) is 0 Å². The van der Waals surface area contributed by atoms with Gasteiger partial charge in [-0.05, 0) is 49.4 Å². The number of ether oxygens (including phenoxy) is 4. The van der Waals surface area contributed by atoms with Crippen LogP contribution in [-0.2, 0) is 65.4 Å². The minimum absolute atomic E-state index is 0.105. The van der Waals surface area contributed by atoms with E-state index in [0.29, 0.717) is 25.7 Å². The van der Waals surface area contributed by atoms with Crippen LogP contribution in [0, 0.1) is 23.7 Å². The van der Waals surface area contributed by atoms with E-state index in [1.54, 1.807) is 0 Å². The number of rotatable bonds is 72. The number of esters is 4. The number of aliphatic hydroxyl groups is 1. The van der Waals surface area contributed by atoms with Gasteiger partial charge < -0.3 is 33.8 Å². The molecule has 0 spiro atoms. The fourth-order valence-corrected chi connectivity index (χ4v) is 12.9. The van der Waals surface area contributed by atoms with Crippen molar-refractivity contribution in [1.82, 2.24) is 0 Å². The maximum absolute atomic E-state index is 13.1. The van der Waals surface area contributed by atoms with Gasteiger partial charge in [0.25, 0.3) is 0 Å². The van der Waals surface area contributed by atoms with Crippen molar-refractivity contribution in [2.45, 2.75) is 395 Å². The van der Waals surface area contributed by atoms with E-state index >= 15 is 0 Å². The fourth-order valence-electron chi connectivity index (χ4n) is 11.3. The van der Waals surface area contributed by atoms with Crippen molar-refractivity contribution in [2.24, 2.45) is 23.7 Å². The molecule has 0 saturated heterocycles. The highest BCUT2D eigenvalue weighted by Gasteiger charge is 2.30. The predicted octanol–water partition coefficient (Wildman–Crippen LogP) is 21.7. The molecule has 17 nitrogen and oxygen atoms in total. The van der Waals surface area contributed by atoms with Gasteiger partial charge in [-0.15, -0.1) is 0 Å². The Labute approximate surface area is 575 Å². The molecule has 0 saturated carbocycles. The minimum Gasteiger partial charge on any atom is -0.462 e. The topological polar surface area (TPSA) is 237 Å². The largest absolute Gasteiger partial charge is 0.472 e. The Bertz CT molecular complexity index is 1850. The molecule has 0 aliphatic heterocycles. The van der Waals surface area contributed by atoms with Gasteiger partial charge in [0, 0.05) is 25.7 Å². The van der Waals surface area contributed by atoms with Crippen LogP contribution in [0.4, 0.5) is 0 Å². The Kier molecular flexibility index (Phi) is 63.1. The van der Waals surface area contributed by atoms with Crippen molar-refractivity contribution < 1.29 is 80.2 Å². The zero-order valence-electron chi connectivity index (χ0n) is 61.6. The van der Waals surface area contributed by atoms with Crippen LogP contribution in [-0.4, -0.2) is 96.7 Å². The summed E-state index contributed by atoms with van der Waals surface area (Å²) in [6.45, 7) is 14.2. The number of unbranched alkanes of at least 4 members (excludes halogenated alkanes) is 36. The number of aliphatic hydroxyl groups excluding tert-OH is 1. The molecule has 94 heavy (non-hydrogen) atoms. The lowest BCUT2D eigenvalue weighted by molar-refractivity contribution is -0.161. The summed E-state index contributed by atoms with van der Waals surface area (Å²) in [4.78, 5) is 72.8. The van der Waals surface area contributed by atoms with Crippen LogP contribution >= 0.6 is 15.6 Å². The van der Waals surface area contributed by atoms with E-state index < -0.39 is 97.5 Å². The molecule has 0 bridgehead atoms. The van der Waals surface area contributed by atoms with Crippen molar-refractivity contribution in [3.63, 3.8) is 0 Å². The number of carbonyl (C=O) groups is 4. The van der Waals surface area contributed by atoms with Gasteiger partial charge in [-0.3, -0.25) is 37.3 Å². The molecule has 0 radical (unpaired) electrons. The molecule has 0 aromatic carbocycles. The summed E-state index contributed by atoms with van der Waals surface area (Å²) in [7, 11) is -9.91. The number of phosphoric ester groups is 2. The molecule has 0 heterocycles. The molecular weight excluding hydrogens is 1230 g/mol. The third kappa shape index (κ3) is 66.0. The number of carbonyl (C=O) groups excluding carboxylic acids is 4. The predicted molar refractivity (Wildman–Crippen MR) is 381 cm³/mol. The van der Waals surface area contributed by atoms with E-state index in [1.165, 1.54) is 173 Å². The van der Waals surface area contributed by atoms with Gasteiger partial charge in [0.2, 0.25) is 0 Å². The SMILES string of the molecule is CCC(C)CCCCCCCCCCCCC(=O)O[C@H](COC(=O)CCCCCCCCCCCCCCCC(C)C)COP(=O)(O)OC[C@@H](O)COP(=O)(O)OC[C@@H](COC(=O)CCCCCCCCC(C)CC)OC(=O)CCCCCCCCCCCCCC(C)C. The fraction of sp³-hybridized carbons (Fsp3) is 0.947. The maximum Gasteiger partial charge on any atom is 0.472 e. The van der Waals surface area contributed by atoms with Gasteiger partial charge in [0.05, 0.1) is 26.4 Å². The van der Waals surface area contributed by atoms with Crippen LogP contribution in [0.3, 0.4) is 0 Å². The molecule has 0 aromatic rings. The Morgan fingerprint density at radius 1 is 0.298 bits per heavy atom. The number of hydrogen-bond acceptors (Lipinski definition) is 15. The van der Waals surface area contributed by atoms with Gasteiger partial charge in [-0.2, -0.15) is 0 Å². The zero-order valence-corrected chi connectivity index (χ0v) is 63.4. The van der Waals surface area contributed by atoms with E-state index in [4.69, 9.17) is 37.0 Å². The highest BCUT2D eigenvalue weighted by Crippen LogP contribution is 2.45. The molecule has 3 N–H and O–H groups in total. The molecule has 0 aliphatic carbocycles. The van der Waals surface area contributed by atoms with Crippen LogP contribution in [0.25, 0.3) is 0 Å². The van der Waals surface area contributed by atoms with E-state index in [0.717, 1.165) is 120 Å². The van der Waals surface area contributed by atoms with Crippen LogP contribution in [0.15, 0.2) is 0 Å². The first-order valence-corrected chi connectivity index (χ1v) is 41.8. The Balaban J connectivity index is 5.26. The molecule has 4 unspecified atom stereocenters. The smallest absolute Gasteiger partial charge is 0.462 e. The summed E-state index contributed by atoms with van der Waals surface area (Å²) in [6, 6.07) is 0. The van der Waals surface area contributed by atoms with Crippen molar-refractivity contribution in [3.05, 3.63) is 0 Å². The van der Waals surface area contributed by atoms with Gasteiger partial charge >= 0.3 is 39.5 Å². The Morgan fingerprint density at radius 3 is 0.755 bits per heavy atom. The average molecular weight is 1380 g/mol. The second-order valence-corrected chi connectivity index (χ2v) is 31.4. The van der Waals surface area contributed by atoms with Crippen molar-refractivity contribution >= 4 is 39.5 Å². The molecule has 0 fully saturated rings. The quantitative estimate of drug-likeness (QED) is 0.0222. The maximum atomic E-state index is 13.1. The normalized spacial score (nSPS) is 14.7. The van der Waals surface area contributed by atoms with Crippen molar-refractivity contribution in [2.75, 3.05) is 39.6 Å². The molecular formula is C75H146O17P2. The van der Waals surface area contributed by atoms with Crippen LogP contribution in [0.5, 0.6) is 0 Å². The summed E-state index contributed by atoms with van der Waals surface area (Å²) in [6.07, 6.45) is 48.5. The third-order valence-electron chi connectivity index (χ3n) is 18.0.